The minimum absolute atomic E-state index is 0.378. The molecule has 0 aromatic rings. The Morgan fingerprint density at radius 1 is 1.24 bits per heavy atom. The zero-order chi connectivity index (χ0) is 16.1. The minimum atomic E-state index is -1.01. The largest absolute Gasteiger partial charge is 0.480 e. The van der Waals surface area contributed by atoms with Gasteiger partial charge in [0.05, 0.1) is 6.61 Å². The molecule has 2 N–H and O–H groups in total. The van der Waals surface area contributed by atoms with E-state index in [1.807, 2.05) is 6.26 Å². The van der Waals surface area contributed by atoms with Gasteiger partial charge in [-0.05, 0) is 24.9 Å². The van der Waals surface area contributed by atoms with Crippen molar-refractivity contribution in [3.05, 3.63) is 0 Å². The van der Waals surface area contributed by atoms with Gasteiger partial charge in [-0.2, -0.15) is 11.8 Å². The molecule has 0 radical (unpaired) electrons. The van der Waals surface area contributed by atoms with Crippen LogP contribution in [0.2, 0.25) is 0 Å². The molecule has 0 aliphatic carbocycles. The molecule has 0 heterocycles. The smallest absolute Gasteiger partial charge is 0.326 e. The van der Waals surface area contributed by atoms with E-state index in [1.54, 1.807) is 30.9 Å². The second-order valence-corrected chi connectivity index (χ2v) is 5.43. The molecule has 0 rings (SSSR count). The number of carboxylic acid groups (broad SMARTS) is 1. The summed E-state index contributed by atoms with van der Waals surface area (Å²) in [4.78, 5) is 24.9. The van der Waals surface area contributed by atoms with Crippen LogP contribution in [-0.4, -0.2) is 80.6 Å². The molecule has 0 aliphatic rings. The monoisotopic (exact) mass is 322 g/mol. The van der Waals surface area contributed by atoms with Crippen LogP contribution in [0.5, 0.6) is 0 Å². The number of ether oxygens (including phenoxy) is 2. The van der Waals surface area contributed by atoms with Crippen LogP contribution in [-0.2, 0) is 14.3 Å². The van der Waals surface area contributed by atoms with Crippen LogP contribution in [0.25, 0.3) is 0 Å². The Morgan fingerprint density at radius 2 is 1.90 bits per heavy atom. The Morgan fingerprint density at radius 3 is 2.43 bits per heavy atom. The summed E-state index contributed by atoms with van der Waals surface area (Å²) in [5, 5.41) is 11.7. The zero-order valence-electron chi connectivity index (χ0n) is 13.0. The minimum Gasteiger partial charge on any atom is -0.480 e. The van der Waals surface area contributed by atoms with E-state index in [0.717, 1.165) is 0 Å². The van der Waals surface area contributed by atoms with Gasteiger partial charge < -0.3 is 24.8 Å². The molecule has 21 heavy (non-hydrogen) atoms. The molecule has 1 unspecified atom stereocenters. The zero-order valence-corrected chi connectivity index (χ0v) is 13.8. The SMILES string of the molecule is COCCCN(CCOC)C(=O)NC(CCSC)C(=O)O. The van der Waals surface area contributed by atoms with Crippen LogP contribution in [0, 0.1) is 0 Å². The summed E-state index contributed by atoms with van der Waals surface area (Å²) in [7, 11) is 3.16. The highest BCUT2D eigenvalue weighted by Crippen LogP contribution is 2.03. The average molecular weight is 322 g/mol. The molecule has 0 saturated heterocycles. The van der Waals surface area contributed by atoms with Crippen LogP contribution >= 0.6 is 11.8 Å². The third-order valence-corrected chi connectivity index (χ3v) is 3.48. The second-order valence-electron chi connectivity index (χ2n) is 4.45. The number of amides is 2. The van der Waals surface area contributed by atoms with Gasteiger partial charge in [0.25, 0.3) is 0 Å². The first-order valence-electron chi connectivity index (χ1n) is 6.81. The maximum Gasteiger partial charge on any atom is 0.326 e. The van der Waals surface area contributed by atoms with Gasteiger partial charge in [0.1, 0.15) is 6.04 Å². The maximum atomic E-state index is 12.2. The first kappa shape index (κ1) is 20.0. The normalized spacial score (nSPS) is 12.0. The van der Waals surface area contributed by atoms with Crippen molar-refractivity contribution in [2.45, 2.75) is 18.9 Å². The van der Waals surface area contributed by atoms with Crippen molar-refractivity contribution in [2.75, 3.05) is 52.5 Å². The quantitative estimate of drug-likeness (QED) is 0.519. The Labute approximate surface area is 130 Å². The first-order chi connectivity index (χ1) is 10.1. The number of thioether (sulfide) groups is 1. The number of rotatable bonds is 12. The summed E-state index contributed by atoms with van der Waals surface area (Å²) < 4.78 is 9.94. The Kier molecular flexibility index (Phi) is 12.1. The van der Waals surface area contributed by atoms with E-state index >= 15 is 0 Å². The predicted molar refractivity (Wildman–Crippen MR) is 82.9 cm³/mol. The lowest BCUT2D eigenvalue weighted by molar-refractivity contribution is -0.139. The number of hydrogen-bond donors (Lipinski definition) is 2. The van der Waals surface area contributed by atoms with Crippen molar-refractivity contribution in [3.8, 4) is 0 Å². The summed E-state index contributed by atoms with van der Waals surface area (Å²) in [6.45, 7) is 1.87. The van der Waals surface area contributed by atoms with Crippen LogP contribution in [0.1, 0.15) is 12.8 Å². The van der Waals surface area contributed by atoms with Crippen molar-refractivity contribution >= 4 is 23.8 Å². The molecule has 0 saturated carbocycles. The standard InChI is InChI=1S/C13H26N2O5S/c1-19-8-4-6-15(7-9-20-2)13(18)14-11(12(16)17)5-10-21-3/h11H,4-10H2,1-3H3,(H,14,18)(H,16,17). The number of carboxylic acids is 1. The van der Waals surface area contributed by atoms with E-state index in [4.69, 9.17) is 14.6 Å². The number of hydrogen-bond acceptors (Lipinski definition) is 5. The number of aliphatic carboxylic acids is 1. The molecule has 1 atom stereocenters. The highest BCUT2D eigenvalue weighted by atomic mass is 32.2. The summed E-state index contributed by atoms with van der Waals surface area (Å²) in [6.07, 6.45) is 2.99. The highest BCUT2D eigenvalue weighted by molar-refractivity contribution is 7.98. The molecule has 0 fully saturated rings. The topological polar surface area (TPSA) is 88.1 Å². The molecule has 0 bridgehead atoms. The lowest BCUT2D eigenvalue weighted by Crippen LogP contribution is -2.49. The van der Waals surface area contributed by atoms with Crippen molar-refractivity contribution < 1.29 is 24.2 Å². The molecular formula is C13H26N2O5S. The number of urea groups is 1. The van der Waals surface area contributed by atoms with Crippen LogP contribution < -0.4 is 5.32 Å². The summed E-state index contributed by atoms with van der Waals surface area (Å²) in [5.41, 5.74) is 0. The van der Waals surface area contributed by atoms with E-state index in [9.17, 15) is 9.59 Å². The third kappa shape index (κ3) is 9.54. The van der Waals surface area contributed by atoms with E-state index in [-0.39, 0.29) is 6.03 Å². The number of nitrogens with zero attached hydrogens (tertiary/aromatic N) is 1. The van der Waals surface area contributed by atoms with E-state index < -0.39 is 12.0 Å². The Bertz CT molecular complexity index is 304. The fourth-order valence-electron chi connectivity index (χ4n) is 1.65. The average Bonchev–Trinajstić information content (AvgIpc) is 2.46. The highest BCUT2D eigenvalue weighted by Gasteiger charge is 2.22. The summed E-state index contributed by atoms with van der Waals surface area (Å²) in [5.74, 6) is -0.333. The third-order valence-electron chi connectivity index (χ3n) is 2.84. The van der Waals surface area contributed by atoms with Gasteiger partial charge in [0.15, 0.2) is 0 Å². The predicted octanol–water partition coefficient (Wildman–Crippen LogP) is 0.887. The lowest BCUT2D eigenvalue weighted by Gasteiger charge is -2.25. The fraction of sp³-hybridized carbons (Fsp3) is 0.846. The lowest BCUT2D eigenvalue weighted by atomic mass is 10.2. The van der Waals surface area contributed by atoms with Crippen LogP contribution in [0.15, 0.2) is 0 Å². The maximum absolute atomic E-state index is 12.2. The molecule has 124 valence electrons. The van der Waals surface area contributed by atoms with Crippen LogP contribution in [0.4, 0.5) is 4.79 Å². The molecule has 7 nitrogen and oxygen atoms in total. The van der Waals surface area contributed by atoms with Gasteiger partial charge in [-0.3, -0.25) is 0 Å². The summed E-state index contributed by atoms with van der Waals surface area (Å²) >= 11 is 1.55. The van der Waals surface area contributed by atoms with Crippen molar-refractivity contribution in [1.29, 1.82) is 0 Å². The van der Waals surface area contributed by atoms with Crippen molar-refractivity contribution in [2.24, 2.45) is 0 Å². The van der Waals surface area contributed by atoms with Gasteiger partial charge >= 0.3 is 12.0 Å². The fourth-order valence-corrected chi connectivity index (χ4v) is 2.12. The molecule has 0 aliphatic heterocycles. The Balaban J connectivity index is 4.48. The van der Waals surface area contributed by atoms with E-state index in [2.05, 4.69) is 5.32 Å². The van der Waals surface area contributed by atoms with Gasteiger partial charge in [-0.25, -0.2) is 9.59 Å². The molecule has 8 heteroatoms. The molecule has 2 amide bonds. The molecule has 0 spiro atoms. The number of carbonyl (C=O) groups is 2. The summed E-state index contributed by atoms with van der Waals surface area (Å²) in [6, 6.07) is -1.24. The first-order valence-corrected chi connectivity index (χ1v) is 8.21. The molecule has 0 aromatic carbocycles. The van der Waals surface area contributed by atoms with E-state index in [1.165, 1.54) is 0 Å². The van der Waals surface area contributed by atoms with E-state index in [0.29, 0.717) is 44.9 Å². The van der Waals surface area contributed by atoms with Gasteiger partial charge in [0, 0.05) is 33.9 Å². The van der Waals surface area contributed by atoms with Gasteiger partial charge in [-0.15, -0.1) is 0 Å². The molecule has 0 aromatic heterocycles. The Hall–Kier alpha value is -0.990. The number of nitrogens with one attached hydrogen (secondary N) is 1. The van der Waals surface area contributed by atoms with Gasteiger partial charge in [-0.1, -0.05) is 0 Å². The number of carbonyl (C=O) groups excluding carboxylic acids is 1. The molecular weight excluding hydrogens is 296 g/mol. The second kappa shape index (κ2) is 12.7. The number of methoxy groups -OCH3 is 2. The van der Waals surface area contributed by atoms with Gasteiger partial charge in [0.2, 0.25) is 0 Å². The van der Waals surface area contributed by atoms with Crippen molar-refractivity contribution in [3.63, 3.8) is 0 Å². The van der Waals surface area contributed by atoms with Crippen LogP contribution in [0.3, 0.4) is 0 Å². The van der Waals surface area contributed by atoms with Crippen molar-refractivity contribution in [1.82, 2.24) is 10.2 Å².